The molecule has 0 bridgehead atoms. The number of alkyl halides is 1. The molecule has 0 radical (unpaired) electrons. The Morgan fingerprint density at radius 3 is 1.03 bits per heavy atom. The molecule has 0 unspecified atom stereocenters. The number of nitrogens with two attached hydrogens (primary N) is 1. The highest BCUT2D eigenvalue weighted by Crippen LogP contribution is 2.27. The highest BCUT2D eigenvalue weighted by atomic mass is 79.9. The van der Waals surface area contributed by atoms with Crippen LogP contribution < -0.4 is 27.3 Å². The van der Waals surface area contributed by atoms with E-state index < -0.39 is 31.5 Å². The largest absolute Gasteiger partial charge is 0.490 e. The van der Waals surface area contributed by atoms with Crippen molar-refractivity contribution in [3.05, 3.63) is 263 Å². The molecule has 0 atom stereocenters. The number of hydrogen-bond donors (Lipinski definition) is 7. The van der Waals surface area contributed by atoms with Crippen molar-refractivity contribution in [3.8, 4) is 0 Å². The molecule has 0 aliphatic carbocycles. The first-order valence-corrected chi connectivity index (χ1v) is 38.8. The predicted octanol–water partition coefficient (Wildman–Crippen LogP) is 17.2. The number of halogens is 6. The minimum absolute atomic E-state index is 0.265. The SMILES string of the molecule is BrCc1ccc2cccc(Br)c2n1.CN(Cc1ccc2cccc(B(O)O)c2n1)C(=O)OC(C)(C)C.CN(Cc1ccc2cccc(Br)c2n1)C(=O)OC(C)(C)C.CNCc1ccc2cccc(B(O)O)c2n1.CNCc1ccc2cccc(Br)c2n1.Cc1ccc2cccc(Br)c2n1.Nc1ccccc1Br. The van der Waals surface area contributed by atoms with Crippen LogP contribution in [-0.4, -0.2) is 126 Å². The van der Waals surface area contributed by atoms with Crippen LogP contribution >= 0.6 is 95.6 Å². The van der Waals surface area contributed by atoms with Crippen LogP contribution in [0.1, 0.15) is 75.7 Å². The molecule has 0 fully saturated rings. The Kier molecular flexibility index (Phi) is 33.6. The fourth-order valence-electron chi connectivity index (χ4n) is 10.1. The zero-order valence-electron chi connectivity index (χ0n) is 61.2. The molecule has 13 rings (SSSR count). The zero-order valence-corrected chi connectivity index (χ0v) is 70.7. The van der Waals surface area contributed by atoms with Crippen molar-refractivity contribution in [1.29, 1.82) is 0 Å². The number of nitrogens with zero attached hydrogens (tertiary/aromatic N) is 8. The number of hydrogen-bond acceptors (Lipinski definition) is 17. The summed E-state index contributed by atoms with van der Waals surface area (Å²) in [5, 5.41) is 50.5. The molecular formula is C80H85B2Br6N11O8. The number of aromatic nitrogens is 6. The minimum atomic E-state index is -1.59. The lowest BCUT2D eigenvalue weighted by molar-refractivity contribution is 0.0273. The van der Waals surface area contributed by atoms with E-state index in [9.17, 15) is 29.7 Å². The first-order valence-electron chi connectivity index (χ1n) is 33.7. The Balaban J connectivity index is 0.000000177. The monoisotopic (exact) mass is 1820 g/mol. The first-order chi connectivity index (χ1) is 50.8. The topological polar surface area (TPSA) is 267 Å². The quantitative estimate of drug-likeness (QED) is 0.0360. The van der Waals surface area contributed by atoms with Gasteiger partial charge in [0.05, 0.1) is 74.7 Å². The Bertz CT molecular complexity index is 5120. The van der Waals surface area contributed by atoms with Crippen LogP contribution in [0.2, 0.25) is 0 Å². The molecule has 7 aromatic carbocycles. The van der Waals surface area contributed by atoms with E-state index in [0.29, 0.717) is 40.7 Å². The second-order valence-corrected chi connectivity index (χ2v) is 31.0. The Labute approximate surface area is 675 Å². The van der Waals surface area contributed by atoms with Crippen LogP contribution in [0.5, 0.6) is 0 Å². The average Bonchev–Trinajstić information content (AvgIpc) is 0.835. The summed E-state index contributed by atoms with van der Waals surface area (Å²) in [6.45, 7) is 15.1. The van der Waals surface area contributed by atoms with Crippen LogP contribution in [0, 0.1) is 6.92 Å². The number of benzene rings is 7. The van der Waals surface area contributed by atoms with Gasteiger partial charge >= 0.3 is 26.4 Å². The number of rotatable bonds is 11. The molecule has 107 heavy (non-hydrogen) atoms. The van der Waals surface area contributed by atoms with E-state index in [1.54, 1.807) is 44.4 Å². The Morgan fingerprint density at radius 2 is 0.692 bits per heavy atom. The minimum Gasteiger partial charge on any atom is -0.444 e. The molecule has 0 aliphatic heterocycles. The number of carbonyl (C=O) groups excluding carboxylic acids is 2. The third-order valence-electron chi connectivity index (χ3n) is 15.1. The second kappa shape index (κ2) is 41.6. The maximum absolute atomic E-state index is 12.0. The smallest absolute Gasteiger partial charge is 0.444 e. The molecule has 0 saturated heterocycles. The molecule has 0 saturated carbocycles. The molecule has 2 amide bonds. The van der Waals surface area contributed by atoms with Gasteiger partial charge < -0.3 is 55.7 Å². The van der Waals surface area contributed by atoms with Crippen molar-refractivity contribution in [3.63, 3.8) is 0 Å². The van der Waals surface area contributed by atoms with Crippen molar-refractivity contribution in [2.24, 2.45) is 0 Å². The summed E-state index contributed by atoms with van der Waals surface area (Å²) in [7, 11) is 4.03. The average molecular weight is 1830 g/mol. The number of ether oxygens (including phenoxy) is 2. The van der Waals surface area contributed by atoms with E-state index in [-0.39, 0.29) is 12.6 Å². The molecule has 0 spiro atoms. The third-order valence-corrected chi connectivity index (χ3v) is 19.0. The summed E-state index contributed by atoms with van der Waals surface area (Å²) in [4.78, 5) is 53.8. The van der Waals surface area contributed by atoms with Gasteiger partial charge in [0.15, 0.2) is 0 Å². The Hall–Kier alpha value is -7.89. The van der Waals surface area contributed by atoms with E-state index in [1.165, 1.54) is 26.0 Å². The van der Waals surface area contributed by atoms with Crippen LogP contribution in [0.15, 0.2) is 229 Å². The fraction of sp³-hybridized carbons (Fsp3) is 0.225. The van der Waals surface area contributed by atoms with E-state index in [4.69, 9.17) is 15.2 Å². The molecule has 0 aliphatic rings. The first kappa shape index (κ1) is 86.3. The van der Waals surface area contributed by atoms with Crippen molar-refractivity contribution in [1.82, 2.24) is 50.3 Å². The number of nitrogens with one attached hydrogen (secondary N) is 2. The molecule has 19 nitrogen and oxygen atoms in total. The van der Waals surface area contributed by atoms with Gasteiger partial charge in [-0.1, -0.05) is 149 Å². The number of aryl methyl sites for hydroxylation is 1. The van der Waals surface area contributed by atoms with Gasteiger partial charge in [-0.2, -0.15) is 0 Å². The van der Waals surface area contributed by atoms with Gasteiger partial charge in [0.2, 0.25) is 0 Å². The van der Waals surface area contributed by atoms with Crippen molar-refractivity contribution in [2.45, 2.75) is 91.2 Å². The van der Waals surface area contributed by atoms with E-state index >= 15 is 0 Å². The summed E-state index contributed by atoms with van der Waals surface area (Å²) in [5.41, 5.74) is 16.6. The number of anilines is 1. The summed E-state index contributed by atoms with van der Waals surface area (Å²) in [5.74, 6) is 0. The van der Waals surface area contributed by atoms with Crippen LogP contribution in [0.3, 0.4) is 0 Å². The van der Waals surface area contributed by atoms with Gasteiger partial charge in [0.25, 0.3) is 0 Å². The summed E-state index contributed by atoms with van der Waals surface area (Å²) in [6.07, 6.45) is -0.786. The Morgan fingerprint density at radius 1 is 0.402 bits per heavy atom. The molecular weight excluding hydrogens is 1740 g/mol. The van der Waals surface area contributed by atoms with Crippen molar-refractivity contribution < 1.29 is 39.2 Å². The molecule has 27 heteroatoms. The van der Waals surface area contributed by atoms with Gasteiger partial charge in [-0.25, -0.2) is 14.6 Å². The van der Waals surface area contributed by atoms with E-state index in [0.717, 1.165) is 107 Å². The van der Waals surface area contributed by atoms with Crippen LogP contribution in [-0.2, 0) is 41.0 Å². The fourth-order valence-corrected chi connectivity index (χ4v) is 12.6. The number of pyridine rings is 6. The lowest BCUT2D eigenvalue weighted by Gasteiger charge is -2.24. The number of nitrogen functional groups attached to an aromatic ring is 1. The van der Waals surface area contributed by atoms with E-state index in [2.05, 4.69) is 173 Å². The highest BCUT2D eigenvalue weighted by molar-refractivity contribution is 9.11. The van der Waals surface area contributed by atoms with Gasteiger partial charge in [0.1, 0.15) is 11.2 Å². The summed E-state index contributed by atoms with van der Waals surface area (Å²) in [6, 6.07) is 66.2. The van der Waals surface area contributed by atoms with Gasteiger partial charge in [-0.05, 0) is 226 Å². The molecule has 6 aromatic heterocycles. The number of para-hydroxylation sites is 7. The van der Waals surface area contributed by atoms with Crippen molar-refractivity contribution in [2.75, 3.05) is 33.9 Å². The maximum Gasteiger partial charge on any atom is 0.490 e. The van der Waals surface area contributed by atoms with Gasteiger partial charge in [-0.15, -0.1) is 0 Å². The normalized spacial score (nSPS) is 10.9. The maximum atomic E-state index is 12.0. The van der Waals surface area contributed by atoms with Crippen LogP contribution in [0.25, 0.3) is 65.4 Å². The number of fused-ring (bicyclic) bond motifs is 6. The van der Waals surface area contributed by atoms with E-state index in [1.807, 2.05) is 202 Å². The lowest BCUT2D eigenvalue weighted by atomic mass is 9.79. The molecule has 8 N–H and O–H groups in total. The number of amides is 2. The summed E-state index contributed by atoms with van der Waals surface area (Å²) >= 11 is 20.6. The lowest BCUT2D eigenvalue weighted by Crippen LogP contribution is -2.34. The van der Waals surface area contributed by atoms with Crippen LogP contribution in [0.4, 0.5) is 15.3 Å². The standard InChI is InChI=1S/C16H21BN2O4.C16H19BrN2O2.C11H13BN2O2.C11H11BrN2.C10H7Br2N.C10H8BrN.C6H6BrN/c1-16(2,3)23-15(20)19(4)10-12-9-8-11-6-5-7-13(17(21)22)14(11)18-12;1-16(2,3)21-15(20)19(4)10-12-9-8-11-6-5-7-13(17)14(11)18-12;1-13-7-9-6-5-8-3-2-4-10(12(15)16)11(8)14-9;1-13-7-9-6-5-8-3-2-4-10(12)11(8)14-9;11-6-8-5-4-7-2-1-3-9(12)10(7)13-8;1-7-5-6-8-3-2-4-9(11)10(8)12-7;7-5-3-1-2-4-6(5)8/h5-9,21-22H,10H2,1-4H3;5-9H,10H2,1-4H3;2-6,13,15-16H,7H2,1H3;2-6,13H,7H2,1H3;1-5H,6H2;2-6H,1H3;1-4H,8H2. The second-order valence-electron chi connectivity index (χ2n) is 26.2. The molecule has 13 aromatic rings. The molecule has 556 valence electrons. The third kappa shape index (κ3) is 27.0. The van der Waals surface area contributed by atoms with Crippen molar-refractivity contribution >= 4 is 204 Å². The van der Waals surface area contributed by atoms with Gasteiger partial charge in [0, 0.05) is 98.7 Å². The highest BCUT2D eigenvalue weighted by Gasteiger charge is 2.23. The summed E-state index contributed by atoms with van der Waals surface area (Å²) < 4.78 is 15.7. The predicted molar refractivity (Wildman–Crippen MR) is 458 cm³/mol. The zero-order chi connectivity index (χ0) is 78.1. The van der Waals surface area contributed by atoms with Gasteiger partial charge in [-0.3, -0.25) is 24.9 Å². The molecule has 6 heterocycles. The number of carbonyl (C=O) groups is 2.